The highest BCUT2D eigenvalue weighted by molar-refractivity contribution is 7.89. The zero-order valence-corrected chi connectivity index (χ0v) is 13.6. The highest BCUT2D eigenvalue weighted by atomic mass is 32.2. The number of nitrogens with one attached hydrogen (secondary N) is 2. The van der Waals surface area contributed by atoms with Gasteiger partial charge in [-0.3, -0.25) is 0 Å². The number of piperidine rings is 1. The molecule has 0 bridgehead atoms. The van der Waals surface area contributed by atoms with E-state index in [-0.39, 0.29) is 11.8 Å². The Labute approximate surface area is 126 Å². The maximum atomic E-state index is 12.4. The second-order valence-electron chi connectivity index (χ2n) is 5.45. The van der Waals surface area contributed by atoms with Gasteiger partial charge in [0, 0.05) is 4.88 Å². The van der Waals surface area contributed by atoms with Crippen LogP contribution in [-0.2, 0) is 10.0 Å². The molecular weight excluding hydrogens is 292 g/mol. The van der Waals surface area contributed by atoms with E-state index < -0.39 is 10.0 Å². The lowest BCUT2D eigenvalue weighted by atomic mass is 10.0. The second kappa shape index (κ2) is 7.54. The van der Waals surface area contributed by atoms with E-state index in [1.165, 1.54) is 0 Å². The minimum atomic E-state index is -3.20. The van der Waals surface area contributed by atoms with Crippen LogP contribution in [0.25, 0.3) is 0 Å². The van der Waals surface area contributed by atoms with Gasteiger partial charge in [0.1, 0.15) is 0 Å². The van der Waals surface area contributed by atoms with Crippen molar-refractivity contribution in [3.05, 3.63) is 22.4 Å². The van der Waals surface area contributed by atoms with Gasteiger partial charge in [-0.2, -0.15) is 0 Å². The van der Waals surface area contributed by atoms with Crippen LogP contribution in [0.4, 0.5) is 0 Å². The summed E-state index contributed by atoms with van der Waals surface area (Å²) in [6, 6.07) is 3.92. The van der Waals surface area contributed by atoms with Gasteiger partial charge in [0.05, 0.1) is 11.8 Å². The lowest BCUT2D eigenvalue weighted by Gasteiger charge is -2.24. The van der Waals surface area contributed by atoms with E-state index in [2.05, 4.69) is 17.0 Å². The Morgan fingerprint density at radius 3 is 2.80 bits per heavy atom. The van der Waals surface area contributed by atoms with E-state index in [0.717, 1.165) is 43.6 Å². The molecule has 114 valence electrons. The summed E-state index contributed by atoms with van der Waals surface area (Å²) >= 11 is 1.62. The molecule has 0 radical (unpaired) electrons. The van der Waals surface area contributed by atoms with Gasteiger partial charge in [-0.25, -0.2) is 13.1 Å². The Morgan fingerprint density at radius 2 is 2.20 bits per heavy atom. The molecule has 2 rings (SSSR count). The van der Waals surface area contributed by atoms with Crippen LogP contribution in [0.2, 0.25) is 0 Å². The summed E-state index contributed by atoms with van der Waals surface area (Å²) in [6.07, 6.45) is 3.74. The van der Waals surface area contributed by atoms with Crippen molar-refractivity contribution in [2.24, 2.45) is 5.92 Å². The van der Waals surface area contributed by atoms with Crippen LogP contribution < -0.4 is 10.0 Å². The van der Waals surface area contributed by atoms with Crippen molar-refractivity contribution in [1.29, 1.82) is 0 Å². The lowest BCUT2D eigenvalue weighted by Crippen LogP contribution is -2.37. The zero-order chi connectivity index (χ0) is 14.4. The largest absolute Gasteiger partial charge is 0.317 e. The molecule has 0 aliphatic carbocycles. The van der Waals surface area contributed by atoms with Crippen molar-refractivity contribution in [2.45, 2.75) is 38.6 Å². The van der Waals surface area contributed by atoms with Gasteiger partial charge in [-0.15, -0.1) is 11.3 Å². The third-order valence-corrected chi connectivity index (χ3v) is 6.24. The first-order valence-corrected chi connectivity index (χ1v) is 9.88. The molecule has 1 atom stereocenters. The molecule has 20 heavy (non-hydrogen) atoms. The number of hydrogen-bond acceptors (Lipinski definition) is 4. The van der Waals surface area contributed by atoms with Crippen molar-refractivity contribution in [3.63, 3.8) is 0 Å². The second-order valence-corrected chi connectivity index (χ2v) is 8.23. The van der Waals surface area contributed by atoms with E-state index in [1.54, 1.807) is 11.3 Å². The smallest absolute Gasteiger partial charge is 0.212 e. The first-order valence-electron chi connectivity index (χ1n) is 7.35. The van der Waals surface area contributed by atoms with Gasteiger partial charge < -0.3 is 5.32 Å². The molecule has 2 N–H and O–H groups in total. The van der Waals surface area contributed by atoms with Gasteiger partial charge in [-0.1, -0.05) is 19.4 Å². The third kappa shape index (κ3) is 4.84. The summed E-state index contributed by atoms with van der Waals surface area (Å²) in [5.41, 5.74) is 0. The first-order chi connectivity index (χ1) is 9.61. The molecular formula is C14H24N2O2S2. The summed E-state index contributed by atoms with van der Waals surface area (Å²) in [4.78, 5) is 1.11. The van der Waals surface area contributed by atoms with Crippen LogP contribution in [0.5, 0.6) is 0 Å². The van der Waals surface area contributed by atoms with Crippen LogP contribution in [0.1, 0.15) is 43.5 Å². The highest BCUT2D eigenvalue weighted by Crippen LogP contribution is 2.25. The topological polar surface area (TPSA) is 58.2 Å². The summed E-state index contributed by atoms with van der Waals surface area (Å²) in [5.74, 6) is 0.555. The number of rotatable bonds is 7. The van der Waals surface area contributed by atoms with E-state index in [1.807, 2.05) is 17.5 Å². The Morgan fingerprint density at radius 1 is 1.45 bits per heavy atom. The highest BCUT2D eigenvalue weighted by Gasteiger charge is 2.24. The van der Waals surface area contributed by atoms with Crippen LogP contribution in [-0.4, -0.2) is 27.3 Å². The fourth-order valence-corrected chi connectivity index (χ4v) is 5.28. The van der Waals surface area contributed by atoms with Crippen molar-refractivity contribution in [3.8, 4) is 0 Å². The van der Waals surface area contributed by atoms with Gasteiger partial charge >= 0.3 is 0 Å². The summed E-state index contributed by atoms with van der Waals surface area (Å²) in [5, 5.41) is 5.27. The molecule has 1 aliphatic heterocycles. The summed E-state index contributed by atoms with van der Waals surface area (Å²) < 4.78 is 27.6. The number of hydrogen-bond donors (Lipinski definition) is 2. The first kappa shape index (κ1) is 15.9. The summed E-state index contributed by atoms with van der Waals surface area (Å²) in [7, 11) is -3.20. The predicted molar refractivity (Wildman–Crippen MR) is 84.5 cm³/mol. The molecule has 1 aliphatic rings. The molecule has 0 spiro atoms. The van der Waals surface area contributed by atoms with Gasteiger partial charge in [0.25, 0.3) is 0 Å². The van der Waals surface area contributed by atoms with Crippen LogP contribution in [0.15, 0.2) is 17.5 Å². The molecule has 1 aromatic heterocycles. The molecule has 1 saturated heterocycles. The minimum absolute atomic E-state index is 0.0632. The molecule has 6 heteroatoms. The van der Waals surface area contributed by atoms with Gasteiger partial charge in [-0.05, 0) is 49.7 Å². The van der Waals surface area contributed by atoms with E-state index >= 15 is 0 Å². The van der Waals surface area contributed by atoms with E-state index in [4.69, 9.17) is 0 Å². The SMILES string of the molecule is CCCC(NS(=O)(=O)CC1CCNCC1)c1cccs1. The Hall–Kier alpha value is -0.430. The lowest BCUT2D eigenvalue weighted by molar-refractivity contribution is 0.399. The van der Waals surface area contributed by atoms with Gasteiger partial charge in [0.15, 0.2) is 0 Å². The van der Waals surface area contributed by atoms with Crippen LogP contribution in [0, 0.1) is 5.92 Å². The molecule has 1 aromatic rings. The monoisotopic (exact) mass is 316 g/mol. The standard InChI is InChI=1S/C14H24N2O2S2/c1-2-4-13(14-5-3-10-19-14)16-20(17,18)11-12-6-8-15-9-7-12/h3,5,10,12-13,15-16H,2,4,6-9,11H2,1H3. The number of thiophene rings is 1. The fraction of sp³-hybridized carbons (Fsp3) is 0.714. The van der Waals surface area contributed by atoms with Crippen LogP contribution in [0.3, 0.4) is 0 Å². The quantitative estimate of drug-likeness (QED) is 0.812. The maximum Gasteiger partial charge on any atom is 0.212 e. The van der Waals surface area contributed by atoms with Crippen molar-refractivity contribution in [1.82, 2.24) is 10.0 Å². The van der Waals surface area contributed by atoms with Gasteiger partial charge in [0.2, 0.25) is 10.0 Å². The fourth-order valence-electron chi connectivity index (χ4n) is 2.66. The summed E-state index contributed by atoms with van der Waals surface area (Å²) in [6.45, 7) is 3.95. The van der Waals surface area contributed by atoms with E-state index in [0.29, 0.717) is 5.92 Å². The predicted octanol–water partition coefficient (Wildman–Crippen LogP) is 2.51. The van der Waals surface area contributed by atoms with Crippen molar-refractivity contribution >= 4 is 21.4 Å². The minimum Gasteiger partial charge on any atom is -0.317 e. The average Bonchev–Trinajstić information content (AvgIpc) is 2.92. The average molecular weight is 316 g/mol. The maximum absolute atomic E-state index is 12.4. The third-order valence-electron chi connectivity index (χ3n) is 3.70. The Balaban J connectivity index is 1.97. The zero-order valence-electron chi connectivity index (χ0n) is 12.0. The molecule has 0 saturated carbocycles. The van der Waals surface area contributed by atoms with Crippen molar-refractivity contribution in [2.75, 3.05) is 18.8 Å². The van der Waals surface area contributed by atoms with Crippen molar-refractivity contribution < 1.29 is 8.42 Å². The molecule has 1 fully saturated rings. The van der Waals surface area contributed by atoms with Crippen LogP contribution >= 0.6 is 11.3 Å². The molecule has 1 unspecified atom stereocenters. The normalized spacial score (nSPS) is 19.1. The Bertz CT molecular complexity index is 479. The number of sulfonamides is 1. The van der Waals surface area contributed by atoms with E-state index in [9.17, 15) is 8.42 Å². The molecule has 0 amide bonds. The molecule has 2 heterocycles. The Kier molecular flexibility index (Phi) is 6.01. The molecule has 4 nitrogen and oxygen atoms in total. The molecule has 0 aromatic carbocycles.